The van der Waals surface area contributed by atoms with Crippen LogP contribution in [0.1, 0.15) is 42.1 Å². The Morgan fingerprint density at radius 1 is 1.29 bits per heavy atom. The Balaban J connectivity index is 2.14. The van der Waals surface area contributed by atoms with Gasteiger partial charge in [0.25, 0.3) is 11.7 Å². The van der Waals surface area contributed by atoms with Gasteiger partial charge in [0.2, 0.25) is 0 Å². The number of amides is 1. The van der Waals surface area contributed by atoms with E-state index in [-0.39, 0.29) is 6.04 Å². The molecule has 0 aliphatic carbocycles. The topological polar surface area (TPSA) is 68.9 Å². The Hall–Kier alpha value is -2.37. The number of rotatable bonds is 6. The average Bonchev–Trinajstić information content (AvgIpc) is 3.06. The van der Waals surface area contributed by atoms with E-state index in [9.17, 15) is 9.59 Å². The van der Waals surface area contributed by atoms with Gasteiger partial charge in [-0.15, -0.1) is 0 Å². The second kappa shape index (κ2) is 6.39. The molecule has 0 aromatic carbocycles. The van der Waals surface area contributed by atoms with Crippen molar-refractivity contribution in [1.29, 1.82) is 0 Å². The predicted octanol–water partition coefficient (Wildman–Crippen LogP) is 1.60. The Bertz CT molecular complexity index is 642. The van der Waals surface area contributed by atoms with Crippen molar-refractivity contribution >= 4 is 11.7 Å². The summed E-state index contributed by atoms with van der Waals surface area (Å²) < 4.78 is 3.49. The summed E-state index contributed by atoms with van der Waals surface area (Å²) in [5.41, 5.74) is 0.377. The molecule has 112 valence electrons. The summed E-state index contributed by atoms with van der Waals surface area (Å²) >= 11 is 0. The third-order valence-corrected chi connectivity index (χ3v) is 3.44. The number of hydrogen-bond donors (Lipinski definition) is 1. The first kappa shape index (κ1) is 15.0. The molecule has 6 nitrogen and oxygen atoms in total. The highest BCUT2D eigenvalue weighted by molar-refractivity contribution is 6.42. The van der Waals surface area contributed by atoms with Crippen molar-refractivity contribution in [2.45, 2.75) is 25.8 Å². The third-order valence-electron chi connectivity index (χ3n) is 3.44. The molecular formula is C15H20N4O2. The fourth-order valence-corrected chi connectivity index (χ4v) is 2.30. The van der Waals surface area contributed by atoms with Gasteiger partial charge in [-0.2, -0.15) is 0 Å². The van der Waals surface area contributed by atoms with Gasteiger partial charge in [0, 0.05) is 32.7 Å². The third kappa shape index (κ3) is 3.21. The first-order valence-electron chi connectivity index (χ1n) is 6.98. The molecule has 0 saturated heterocycles. The lowest BCUT2D eigenvalue weighted by atomic mass is 10.1. The summed E-state index contributed by atoms with van der Waals surface area (Å²) in [6.07, 6.45) is 6.86. The SMILES string of the molecule is CCC[C@H](NC(=O)C(=O)c1cccn1C)c1nccn1C. The average molecular weight is 288 g/mol. The van der Waals surface area contributed by atoms with E-state index in [1.165, 1.54) is 0 Å². The van der Waals surface area contributed by atoms with Gasteiger partial charge in [-0.05, 0) is 18.6 Å². The van der Waals surface area contributed by atoms with Crippen LogP contribution in [0.5, 0.6) is 0 Å². The van der Waals surface area contributed by atoms with Gasteiger partial charge in [-0.25, -0.2) is 4.98 Å². The molecule has 0 aliphatic rings. The van der Waals surface area contributed by atoms with Gasteiger partial charge in [-0.1, -0.05) is 13.3 Å². The van der Waals surface area contributed by atoms with Crippen molar-refractivity contribution in [1.82, 2.24) is 19.4 Å². The van der Waals surface area contributed by atoms with E-state index in [1.807, 2.05) is 24.7 Å². The number of nitrogens with zero attached hydrogens (tertiary/aromatic N) is 3. The molecule has 2 heterocycles. The molecule has 2 aromatic heterocycles. The second-order valence-corrected chi connectivity index (χ2v) is 5.04. The Morgan fingerprint density at radius 2 is 2.05 bits per heavy atom. The quantitative estimate of drug-likeness (QED) is 0.648. The fraction of sp³-hybridized carbons (Fsp3) is 0.400. The van der Waals surface area contributed by atoms with Gasteiger partial charge in [0.15, 0.2) is 0 Å². The fourth-order valence-electron chi connectivity index (χ4n) is 2.30. The molecule has 0 fully saturated rings. The number of ketones is 1. The Kier molecular flexibility index (Phi) is 4.57. The summed E-state index contributed by atoms with van der Waals surface area (Å²) in [4.78, 5) is 28.6. The molecule has 1 amide bonds. The van der Waals surface area contributed by atoms with E-state index < -0.39 is 11.7 Å². The van der Waals surface area contributed by atoms with Crippen LogP contribution >= 0.6 is 0 Å². The maximum absolute atomic E-state index is 12.2. The smallest absolute Gasteiger partial charge is 0.294 e. The Labute approximate surface area is 123 Å². The van der Waals surface area contributed by atoms with Crippen LogP contribution in [0.15, 0.2) is 30.7 Å². The first-order chi connectivity index (χ1) is 10.0. The molecule has 0 unspecified atom stereocenters. The van der Waals surface area contributed by atoms with Crippen LogP contribution in [0, 0.1) is 0 Å². The number of nitrogens with one attached hydrogen (secondary N) is 1. The summed E-state index contributed by atoms with van der Waals surface area (Å²) in [7, 11) is 3.61. The number of carbonyl (C=O) groups is 2. The number of carbonyl (C=O) groups excluding carboxylic acids is 2. The maximum atomic E-state index is 12.2. The Morgan fingerprint density at radius 3 is 2.57 bits per heavy atom. The zero-order valence-electron chi connectivity index (χ0n) is 12.5. The van der Waals surface area contributed by atoms with Crippen LogP contribution in [0.2, 0.25) is 0 Å². The lowest BCUT2D eigenvalue weighted by Crippen LogP contribution is -2.36. The van der Waals surface area contributed by atoms with E-state index >= 15 is 0 Å². The van der Waals surface area contributed by atoms with Crippen LogP contribution in [0.25, 0.3) is 0 Å². The summed E-state index contributed by atoms with van der Waals surface area (Å²) in [5.74, 6) is -0.374. The van der Waals surface area contributed by atoms with E-state index in [0.717, 1.165) is 18.7 Å². The predicted molar refractivity (Wildman–Crippen MR) is 78.7 cm³/mol. The zero-order chi connectivity index (χ0) is 15.4. The van der Waals surface area contributed by atoms with E-state index in [0.29, 0.717) is 5.69 Å². The molecule has 1 atom stereocenters. The normalized spacial score (nSPS) is 12.1. The summed E-state index contributed by atoms with van der Waals surface area (Å²) in [5, 5.41) is 2.79. The molecule has 2 aromatic rings. The number of aromatic nitrogens is 3. The molecule has 2 rings (SSSR count). The number of aryl methyl sites for hydroxylation is 2. The highest BCUT2D eigenvalue weighted by Crippen LogP contribution is 2.16. The lowest BCUT2D eigenvalue weighted by Gasteiger charge is -2.17. The van der Waals surface area contributed by atoms with Gasteiger partial charge >= 0.3 is 0 Å². The first-order valence-corrected chi connectivity index (χ1v) is 6.98. The van der Waals surface area contributed by atoms with Crippen molar-refractivity contribution in [3.63, 3.8) is 0 Å². The number of imidazole rings is 1. The lowest BCUT2D eigenvalue weighted by molar-refractivity contribution is -0.117. The molecule has 0 radical (unpaired) electrons. The minimum Gasteiger partial charge on any atom is -0.348 e. The molecule has 0 aliphatic heterocycles. The molecule has 0 saturated carbocycles. The van der Waals surface area contributed by atoms with Gasteiger partial charge < -0.3 is 14.5 Å². The van der Waals surface area contributed by atoms with Gasteiger partial charge in [0.05, 0.1) is 11.7 Å². The summed E-state index contributed by atoms with van der Waals surface area (Å²) in [6.45, 7) is 2.03. The number of Topliss-reactive ketones (excluding diaryl/α,β-unsaturated/α-hetero) is 1. The van der Waals surface area contributed by atoms with Crippen LogP contribution in [-0.4, -0.2) is 25.8 Å². The van der Waals surface area contributed by atoms with Crippen LogP contribution < -0.4 is 5.32 Å². The summed E-state index contributed by atoms with van der Waals surface area (Å²) in [6, 6.07) is 3.12. The molecule has 6 heteroatoms. The molecule has 0 spiro atoms. The standard InChI is InChI=1S/C15H20N4O2/c1-4-6-11(14-16-8-10-19(14)3)17-15(21)13(20)12-7-5-9-18(12)2/h5,7-11H,4,6H2,1-3H3,(H,17,21)/t11-/m0/s1. The minimum atomic E-state index is -0.599. The number of hydrogen-bond acceptors (Lipinski definition) is 3. The van der Waals surface area contributed by atoms with Crippen molar-refractivity contribution in [2.75, 3.05) is 0 Å². The van der Waals surface area contributed by atoms with E-state index in [1.54, 1.807) is 36.1 Å². The van der Waals surface area contributed by atoms with Crippen LogP contribution in [0.4, 0.5) is 0 Å². The van der Waals surface area contributed by atoms with E-state index in [4.69, 9.17) is 0 Å². The van der Waals surface area contributed by atoms with Crippen molar-refractivity contribution in [3.05, 3.63) is 42.2 Å². The largest absolute Gasteiger partial charge is 0.348 e. The van der Waals surface area contributed by atoms with E-state index in [2.05, 4.69) is 10.3 Å². The van der Waals surface area contributed by atoms with Gasteiger partial charge in [0.1, 0.15) is 5.82 Å². The molecular weight excluding hydrogens is 268 g/mol. The van der Waals surface area contributed by atoms with Crippen molar-refractivity contribution in [3.8, 4) is 0 Å². The minimum absolute atomic E-state index is 0.258. The van der Waals surface area contributed by atoms with Crippen molar-refractivity contribution < 1.29 is 9.59 Å². The highest BCUT2D eigenvalue weighted by Gasteiger charge is 2.24. The van der Waals surface area contributed by atoms with Crippen LogP contribution in [0.3, 0.4) is 0 Å². The van der Waals surface area contributed by atoms with Crippen molar-refractivity contribution in [2.24, 2.45) is 14.1 Å². The molecule has 21 heavy (non-hydrogen) atoms. The second-order valence-electron chi connectivity index (χ2n) is 5.04. The molecule has 1 N–H and O–H groups in total. The highest BCUT2D eigenvalue weighted by atomic mass is 16.2. The molecule has 0 bridgehead atoms. The van der Waals surface area contributed by atoms with Crippen LogP contribution in [-0.2, 0) is 18.9 Å². The van der Waals surface area contributed by atoms with Gasteiger partial charge in [-0.3, -0.25) is 9.59 Å². The zero-order valence-corrected chi connectivity index (χ0v) is 12.5. The maximum Gasteiger partial charge on any atom is 0.294 e. The monoisotopic (exact) mass is 288 g/mol.